The van der Waals surface area contributed by atoms with Gasteiger partial charge in [-0.2, -0.15) is 4.98 Å². The van der Waals surface area contributed by atoms with E-state index in [1.807, 2.05) is 0 Å². The number of hydrogen-bond acceptors (Lipinski definition) is 7. The summed E-state index contributed by atoms with van der Waals surface area (Å²) in [5.74, 6) is 0.514. The molecule has 2 rings (SSSR count). The van der Waals surface area contributed by atoms with E-state index in [0.717, 1.165) is 4.88 Å². The maximum atomic E-state index is 10.9. The number of nitro groups is 1. The number of methoxy groups -OCH3 is 1. The van der Waals surface area contributed by atoms with Crippen LogP contribution in [0, 0.1) is 10.1 Å². The molecule has 0 bridgehead atoms. The molecular formula is C10H10N4O3S. The predicted octanol–water partition coefficient (Wildman–Crippen LogP) is 2.07. The van der Waals surface area contributed by atoms with Gasteiger partial charge in [-0.25, -0.2) is 0 Å². The monoisotopic (exact) mass is 266 g/mol. The van der Waals surface area contributed by atoms with Gasteiger partial charge >= 0.3 is 5.69 Å². The average Bonchev–Trinajstić information content (AvgIpc) is 2.88. The summed E-state index contributed by atoms with van der Waals surface area (Å²) >= 11 is 1.46. The summed E-state index contributed by atoms with van der Waals surface area (Å²) in [5.41, 5.74) is 1.62. The van der Waals surface area contributed by atoms with Gasteiger partial charge in [0.1, 0.15) is 0 Å². The first-order valence-electron chi connectivity index (χ1n) is 5.01. The molecule has 0 atom stereocenters. The minimum Gasteiger partial charge on any atom is -0.481 e. The molecule has 7 nitrogen and oxygen atoms in total. The average molecular weight is 266 g/mol. The molecule has 2 aromatic heterocycles. The van der Waals surface area contributed by atoms with E-state index in [4.69, 9.17) is 4.74 Å². The van der Waals surface area contributed by atoms with E-state index in [0.29, 0.717) is 12.4 Å². The highest BCUT2D eigenvalue weighted by Crippen LogP contribution is 2.25. The zero-order valence-corrected chi connectivity index (χ0v) is 10.3. The van der Waals surface area contributed by atoms with Gasteiger partial charge in [0.05, 0.1) is 24.1 Å². The number of pyridine rings is 1. The molecule has 0 saturated heterocycles. The topological polar surface area (TPSA) is 90.2 Å². The van der Waals surface area contributed by atoms with Crippen molar-refractivity contribution in [3.05, 3.63) is 38.8 Å². The number of hydrogen-bond donors (Lipinski definition) is 1. The zero-order valence-electron chi connectivity index (χ0n) is 9.49. The van der Waals surface area contributed by atoms with Crippen molar-refractivity contribution in [1.82, 2.24) is 9.97 Å². The highest BCUT2D eigenvalue weighted by molar-refractivity contribution is 7.09. The fourth-order valence-electron chi connectivity index (χ4n) is 1.33. The number of nitrogens with one attached hydrogen (secondary N) is 1. The molecule has 0 spiro atoms. The van der Waals surface area contributed by atoms with Crippen molar-refractivity contribution in [3.63, 3.8) is 0 Å². The first-order chi connectivity index (χ1) is 8.70. The first-order valence-corrected chi connectivity index (χ1v) is 5.89. The van der Waals surface area contributed by atoms with E-state index < -0.39 is 4.92 Å². The van der Waals surface area contributed by atoms with Crippen LogP contribution in [0.1, 0.15) is 4.88 Å². The van der Waals surface area contributed by atoms with Crippen LogP contribution in [0.15, 0.2) is 23.8 Å². The lowest BCUT2D eigenvalue weighted by atomic mass is 10.3. The highest BCUT2D eigenvalue weighted by Gasteiger charge is 2.16. The normalized spacial score (nSPS) is 10.1. The molecule has 0 aliphatic carbocycles. The second kappa shape index (κ2) is 5.41. The maximum absolute atomic E-state index is 10.9. The van der Waals surface area contributed by atoms with Gasteiger partial charge in [-0.3, -0.25) is 15.1 Å². The summed E-state index contributed by atoms with van der Waals surface area (Å²) in [5, 5.41) is 13.8. The van der Waals surface area contributed by atoms with Crippen LogP contribution in [-0.4, -0.2) is 22.0 Å². The summed E-state index contributed by atoms with van der Waals surface area (Å²) in [7, 11) is 1.46. The predicted molar refractivity (Wildman–Crippen MR) is 66.9 cm³/mol. The van der Waals surface area contributed by atoms with Gasteiger partial charge in [0.15, 0.2) is 0 Å². The Morgan fingerprint density at radius 1 is 1.56 bits per heavy atom. The van der Waals surface area contributed by atoms with Crippen LogP contribution < -0.4 is 10.1 Å². The van der Waals surface area contributed by atoms with Crippen molar-refractivity contribution < 1.29 is 9.66 Å². The fraction of sp³-hybridized carbons (Fsp3) is 0.200. The third-order valence-corrected chi connectivity index (χ3v) is 2.95. The lowest BCUT2D eigenvalue weighted by Crippen LogP contribution is -2.04. The molecule has 0 saturated carbocycles. The molecule has 2 aromatic rings. The number of anilines is 1. The Balaban J connectivity index is 2.20. The lowest BCUT2D eigenvalue weighted by Gasteiger charge is -2.06. The fourth-order valence-corrected chi connectivity index (χ4v) is 1.86. The van der Waals surface area contributed by atoms with E-state index in [1.165, 1.54) is 30.6 Å². The van der Waals surface area contributed by atoms with Crippen molar-refractivity contribution in [2.24, 2.45) is 0 Å². The molecule has 1 N–H and O–H groups in total. The summed E-state index contributed by atoms with van der Waals surface area (Å²) in [6, 6.07) is 2.82. The minimum atomic E-state index is -0.485. The molecule has 94 valence electrons. The smallest absolute Gasteiger partial charge is 0.311 e. The van der Waals surface area contributed by atoms with E-state index in [9.17, 15) is 10.1 Å². The molecule has 0 aromatic carbocycles. The van der Waals surface area contributed by atoms with Gasteiger partial charge < -0.3 is 10.1 Å². The van der Waals surface area contributed by atoms with Crippen LogP contribution in [0.2, 0.25) is 0 Å². The zero-order chi connectivity index (χ0) is 13.0. The SMILES string of the molecule is COc1ccc([N+](=O)[O-])c(NCc2cncs2)n1. The van der Waals surface area contributed by atoms with E-state index in [-0.39, 0.29) is 11.5 Å². The van der Waals surface area contributed by atoms with Crippen molar-refractivity contribution in [3.8, 4) is 5.88 Å². The first kappa shape index (κ1) is 12.2. The van der Waals surface area contributed by atoms with Crippen molar-refractivity contribution in [2.75, 3.05) is 12.4 Å². The Hall–Kier alpha value is -2.22. The Morgan fingerprint density at radius 2 is 2.39 bits per heavy atom. The summed E-state index contributed by atoms with van der Waals surface area (Å²) < 4.78 is 4.94. The summed E-state index contributed by atoms with van der Waals surface area (Å²) in [4.78, 5) is 19.3. The quantitative estimate of drug-likeness (QED) is 0.658. The molecule has 0 radical (unpaired) electrons. The number of aromatic nitrogens is 2. The number of thiazole rings is 1. The number of rotatable bonds is 5. The molecule has 2 heterocycles. The molecule has 0 aliphatic rings. The van der Waals surface area contributed by atoms with Crippen molar-refractivity contribution in [2.45, 2.75) is 6.54 Å². The van der Waals surface area contributed by atoms with Crippen LogP contribution >= 0.6 is 11.3 Å². The molecule has 0 fully saturated rings. The van der Waals surface area contributed by atoms with Gasteiger partial charge in [0.2, 0.25) is 11.7 Å². The minimum absolute atomic E-state index is 0.0830. The second-order valence-corrected chi connectivity index (χ2v) is 4.27. The Morgan fingerprint density at radius 3 is 3.00 bits per heavy atom. The second-order valence-electron chi connectivity index (χ2n) is 3.30. The maximum Gasteiger partial charge on any atom is 0.311 e. The van der Waals surface area contributed by atoms with E-state index in [1.54, 1.807) is 11.7 Å². The van der Waals surface area contributed by atoms with Gasteiger partial charge in [-0.1, -0.05) is 0 Å². The van der Waals surface area contributed by atoms with Gasteiger partial charge in [0.25, 0.3) is 0 Å². The van der Waals surface area contributed by atoms with Gasteiger partial charge in [-0.15, -0.1) is 11.3 Å². The Labute approximate surface area is 107 Å². The van der Waals surface area contributed by atoms with Gasteiger partial charge in [-0.05, 0) is 0 Å². The largest absolute Gasteiger partial charge is 0.481 e. The summed E-state index contributed by atoms with van der Waals surface area (Å²) in [6.07, 6.45) is 1.70. The standard InChI is InChI=1S/C10H10N4O3S/c1-17-9-3-2-8(14(15)16)10(13-9)12-5-7-4-11-6-18-7/h2-4,6H,5H2,1H3,(H,12,13). The van der Waals surface area contributed by atoms with Crippen LogP contribution in [0.5, 0.6) is 5.88 Å². The number of ether oxygens (including phenoxy) is 1. The van der Waals surface area contributed by atoms with Crippen LogP contribution in [0.4, 0.5) is 11.5 Å². The van der Waals surface area contributed by atoms with Crippen LogP contribution in [0.3, 0.4) is 0 Å². The third-order valence-electron chi connectivity index (χ3n) is 2.17. The van der Waals surface area contributed by atoms with Crippen molar-refractivity contribution >= 4 is 22.8 Å². The van der Waals surface area contributed by atoms with Crippen LogP contribution in [0.25, 0.3) is 0 Å². The van der Waals surface area contributed by atoms with Crippen molar-refractivity contribution in [1.29, 1.82) is 0 Å². The molecule has 0 amide bonds. The molecule has 8 heteroatoms. The Bertz CT molecular complexity index is 544. The van der Waals surface area contributed by atoms with E-state index >= 15 is 0 Å². The molecule has 0 unspecified atom stereocenters. The lowest BCUT2D eigenvalue weighted by molar-refractivity contribution is -0.384. The Kier molecular flexibility index (Phi) is 3.68. The molecule has 18 heavy (non-hydrogen) atoms. The molecule has 0 aliphatic heterocycles. The van der Waals surface area contributed by atoms with Crippen LogP contribution in [-0.2, 0) is 6.54 Å². The molecular weight excluding hydrogens is 256 g/mol. The highest BCUT2D eigenvalue weighted by atomic mass is 32.1. The third kappa shape index (κ3) is 2.72. The van der Waals surface area contributed by atoms with Gasteiger partial charge in [0, 0.05) is 23.2 Å². The summed E-state index contributed by atoms with van der Waals surface area (Å²) in [6.45, 7) is 0.436. The number of nitrogens with zero attached hydrogens (tertiary/aromatic N) is 3. The van der Waals surface area contributed by atoms with E-state index in [2.05, 4.69) is 15.3 Å².